The van der Waals surface area contributed by atoms with E-state index in [9.17, 15) is 18.0 Å². The van der Waals surface area contributed by atoms with E-state index in [1.165, 1.54) is 18.2 Å². The summed E-state index contributed by atoms with van der Waals surface area (Å²) in [6, 6.07) is 24.2. The molecule has 0 heterocycles. The Morgan fingerprint density at radius 2 is 1.32 bits per heavy atom. The topological polar surface area (TPSA) is 20.3 Å². The average molecular weight is 423 g/mol. The summed E-state index contributed by atoms with van der Waals surface area (Å²) in [7, 11) is 0. The zero-order chi connectivity index (χ0) is 22.3. The molecule has 3 rings (SSSR count). The van der Waals surface area contributed by atoms with Crippen LogP contribution in [0.15, 0.2) is 91.0 Å². The van der Waals surface area contributed by atoms with Gasteiger partial charge in [-0.25, -0.2) is 0 Å². The minimum absolute atomic E-state index is 0.105. The molecule has 160 valence electrons. The number of ketones is 1. The molecular formula is C26H24F3NO. The second kappa shape index (κ2) is 10.2. The van der Waals surface area contributed by atoms with Crippen molar-refractivity contribution in [2.24, 2.45) is 0 Å². The summed E-state index contributed by atoms with van der Waals surface area (Å²) in [6.45, 7) is 3.07. The van der Waals surface area contributed by atoms with Crippen LogP contribution < -0.4 is 0 Å². The first kappa shape index (κ1) is 22.5. The third kappa shape index (κ3) is 6.66. The fraction of sp³-hybridized carbons (Fsp3) is 0.192. The van der Waals surface area contributed by atoms with Crippen molar-refractivity contribution in [3.8, 4) is 0 Å². The fourth-order valence-corrected chi connectivity index (χ4v) is 3.25. The maximum atomic E-state index is 12.9. The number of rotatable bonds is 8. The lowest BCUT2D eigenvalue weighted by Crippen LogP contribution is -2.37. The van der Waals surface area contributed by atoms with Crippen molar-refractivity contribution in [3.05, 3.63) is 113 Å². The van der Waals surface area contributed by atoms with Gasteiger partial charge < -0.3 is 0 Å². The maximum Gasteiger partial charge on any atom is 0.416 e. The van der Waals surface area contributed by atoms with Gasteiger partial charge in [-0.15, -0.1) is 0 Å². The number of alkyl halides is 3. The first-order valence-corrected chi connectivity index (χ1v) is 10.0. The van der Waals surface area contributed by atoms with E-state index in [0.717, 1.165) is 23.3 Å². The fourth-order valence-electron chi connectivity index (χ4n) is 3.25. The Balaban J connectivity index is 1.73. The highest BCUT2D eigenvalue weighted by Crippen LogP contribution is 2.29. The minimum atomic E-state index is -4.37. The Labute approximate surface area is 180 Å². The highest BCUT2D eigenvalue weighted by molar-refractivity contribution is 5.97. The Morgan fingerprint density at radius 1 is 0.839 bits per heavy atom. The van der Waals surface area contributed by atoms with Crippen LogP contribution in [0.5, 0.6) is 0 Å². The second-order valence-electron chi connectivity index (χ2n) is 7.41. The van der Waals surface area contributed by atoms with Crippen molar-refractivity contribution in [1.29, 1.82) is 0 Å². The summed E-state index contributed by atoms with van der Waals surface area (Å²) in [4.78, 5) is 14.9. The van der Waals surface area contributed by atoms with Gasteiger partial charge in [-0.05, 0) is 41.8 Å². The van der Waals surface area contributed by atoms with Gasteiger partial charge in [0.2, 0.25) is 0 Å². The lowest BCUT2D eigenvalue weighted by Gasteiger charge is -2.27. The molecule has 2 nitrogen and oxygen atoms in total. The van der Waals surface area contributed by atoms with Gasteiger partial charge in [-0.1, -0.05) is 78.9 Å². The van der Waals surface area contributed by atoms with Crippen molar-refractivity contribution in [2.45, 2.75) is 32.2 Å². The molecule has 0 aliphatic carbocycles. The molecule has 0 bridgehead atoms. The zero-order valence-electron chi connectivity index (χ0n) is 17.2. The number of nitrogens with zero attached hydrogens (tertiary/aromatic N) is 1. The van der Waals surface area contributed by atoms with Gasteiger partial charge >= 0.3 is 6.18 Å². The van der Waals surface area contributed by atoms with E-state index < -0.39 is 17.8 Å². The predicted octanol–water partition coefficient (Wildman–Crippen LogP) is 6.38. The zero-order valence-corrected chi connectivity index (χ0v) is 17.2. The Hall–Kier alpha value is -3.18. The normalized spacial score (nSPS) is 12.9. The largest absolute Gasteiger partial charge is 0.416 e. The highest BCUT2D eigenvalue weighted by Gasteiger charge is 2.29. The van der Waals surface area contributed by atoms with E-state index in [1.54, 1.807) is 6.08 Å². The molecule has 0 radical (unpaired) electrons. The summed E-state index contributed by atoms with van der Waals surface area (Å²) in [5.74, 6) is -0.105. The average Bonchev–Trinajstić information content (AvgIpc) is 2.77. The molecule has 0 N–H and O–H groups in total. The quantitative estimate of drug-likeness (QED) is 0.392. The molecule has 3 aromatic rings. The molecule has 0 amide bonds. The van der Waals surface area contributed by atoms with Gasteiger partial charge in [0.15, 0.2) is 5.78 Å². The first-order chi connectivity index (χ1) is 14.8. The van der Waals surface area contributed by atoms with E-state index in [0.29, 0.717) is 18.7 Å². The van der Waals surface area contributed by atoms with Crippen LogP contribution in [0.2, 0.25) is 0 Å². The molecule has 0 saturated carbocycles. The minimum Gasteiger partial charge on any atom is -0.293 e. The molecule has 5 heteroatoms. The van der Waals surface area contributed by atoms with Gasteiger partial charge in [0.05, 0.1) is 11.6 Å². The van der Waals surface area contributed by atoms with Crippen LogP contribution in [-0.2, 0) is 24.1 Å². The lowest BCUT2D eigenvalue weighted by molar-refractivity contribution is -0.137. The summed E-state index contributed by atoms with van der Waals surface area (Å²) in [5, 5.41) is 0. The van der Waals surface area contributed by atoms with E-state index in [-0.39, 0.29) is 5.78 Å². The first-order valence-electron chi connectivity index (χ1n) is 10.0. The number of hydrogen-bond acceptors (Lipinski definition) is 2. The van der Waals surface area contributed by atoms with Gasteiger partial charge in [-0.3, -0.25) is 9.69 Å². The SMILES string of the molecule is C[C@@H](C(=O)/C=C/c1ccc(C(F)(F)F)cc1)N(Cc1ccccc1)Cc1ccccc1. The number of hydrogen-bond donors (Lipinski definition) is 0. The van der Waals surface area contributed by atoms with E-state index >= 15 is 0 Å². The molecule has 31 heavy (non-hydrogen) atoms. The van der Waals surface area contributed by atoms with Crippen LogP contribution in [0.25, 0.3) is 6.08 Å². The van der Waals surface area contributed by atoms with E-state index in [1.807, 2.05) is 67.6 Å². The number of benzene rings is 3. The summed E-state index contributed by atoms with van der Waals surface area (Å²) < 4.78 is 38.1. The third-order valence-corrected chi connectivity index (χ3v) is 5.09. The summed E-state index contributed by atoms with van der Waals surface area (Å²) in [5.41, 5.74) is 2.04. The van der Waals surface area contributed by atoms with E-state index in [4.69, 9.17) is 0 Å². The third-order valence-electron chi connectivity index (χ3n) is 5.09. The Morgan fingerprint density at radius 3 is 1.77 bits per heavy atom. The smallest absolute Gasteiger partial charge is 0.293 e. The second-order valence-corrected chi connectivity index (χ2v) is 7.41. The van der Waals surface area contributed by atoms with Crippen LogP contribution in [0.4, 0.5) is 13.2 Å². The molecule has 0 spiro atoms. The molecule has 0 unspecified atom stereocenters. The van der Waals surface area contributed by atoms with E-state index in [2.05, 4.69) is 4.90 Å². The number of carbonyl (C=O) groups excluding carboxylic acids is 1. The molecule has 1 atom stereocenters. The molecule has 0 aliphatic heterocycles. The summed E-state index contributed by atoms with van der Waals surface area (Å²) >= 11 is 0. The Kier molecular flexibility index (Phi) is 7.42. The van der Waals surface area contributed by atoms with Crippen LogP contribution in [-0.4, -0.2) is 16.7 Å². The molecule has 0 saturated heterocycles. The monoisotopic (exact) mass is 423 g/mol. The van der Waals surface area contributed by atoms with Crippen molar-refractivity contribution >= 4 is 11.9 Å². The van der Waals surface area contributed by atoms with Crippen LogP contribution in [0.1, 0.15) is 29.2 Å². The molecule has 0 fully saturated rings. The molecular weight excluding hydrogens is 399 g/mol. The van der Waals surface area contributed by atoms with Crippen molar-refractivity contribution in [3.63, 3.8) is 0 Å². The van der Waals surface area contributed by atoms with Crippen LogP contribution in [0, 0.1) is 0 Å². The Bertz CT molecular complexity index is 955. The van der Waals surface area contributed by atoms with Gasteiger partial charge in [0.25, 0.3) is 0 Å². The van der Waals surface area contributed by atoms with Gasteiger partial charge in [0, 0.05) is 13.1 Å². The van der Waals surface area contributed by atoms with Crippen LogP contribution in [0.3, 0.4) is 0 Å². The summed E-state index contributed by atoms with van der Waals surface area (Å²) in [6.07, 6.45) is -1.37. The molecule has 0 aliphatic rings. The molecule has 0 aromatic heterocycles. The molecule has 3 aromatic carbocycles. The van der Waals surface area contributed by atoms with Gasteiger partial charge in [-0.2, -0.15) is 13.2 Å². The number of halogens is 3. The highest BCUT2D eigenvalue weighted by atomic mass is 19.4. The lowest BCUT2D eigenvalue weighted by atomic mass is 10.1. The van der Waals surface area contributed by atoms with Gasteiger partial charge in [0.1, 0.15) is 0 Å². The maximum absolute atomic E-state index is 12.9. The van der Waals surface area contributed by atoms with Crippen molar-refractivity contribution in [1.82, 2.24) is 4.90 Å². The standard InChI is InChI=1S/C26H24F3NO/c1-20(25(31)17-14-21-12-15-24(16-13-21)26(27,28)29)30(18-22-8-4-2-5-9-22)19-23-10-6-3-7-11-23/h2-17,20H,18-19H2,1H3/b17-14+/t20-/m0/s1. The van der Waals surface area contributed by atoms with Crippen molar-refractivity contribution < 1.29 is 18.0 Å². The van der Waals surface area contributed by atoms with Crippen LogP contribution >= 0.6 is 0 Å². The van der Waals surface area contributed by atoms with Crippen molar-refractivity contribution in [2.75, 3.05) is 0 Å². The number of carbonyl (C=O) groups is 1. The predicted molar refractivity (Wildman–Crippen MR) is 117 cm³/mol.